The molecule has 1 aliphatic carbocycles. The zero-order valence-corrected chi connectivity index (χ0v) is 20.1. The maximum atomic E-state index is 12.7. The molecule has 2 aromatic heterocycles. The van der Waals surface area contributed by atoms with Gasteiger partial charge < -0.3 is 10.1 Å². The van der Waals surface area contributed by atoms with Gasteiger partial charge in [-0.15, -0.1) is 28.1 Å². The summed E-state index contributed by atoms with van der Waals surface area (Å²) in [4.78, 5) is 13.9. The van der Waals surface area contributed by atoms with E-state index in [4.69, 9.17) is 4.74 Å². The number of fused-ring (bicyclic) bond motifs is 1. The van der Waals surface area contributed by atoms with E-state index in [2.05, 4.69) is 28.2 Å². The highest BCUT2D eigenvalue weighted by Crippen LogP contribution is 2.37. The number of hydrogen-bond donors (Lipinski definition) is 1. The zero-order chi connectivity index (χ0) is 23.2. The Balaban J connectivity index is 1.40. The molecule has 9 heteroatoms. The molecular weight excluding hydrogens is 454 g/mol. The summed E-state index contributed by atoms with van der Waals surface area (Å²) in [5.74, 6) is 1.47. The van der Waals surface area contributed by atoms with Crippen LogP contribution in [0.1, 0.15) is 40.2 Å². The number of carbonyl (C=O) groups excluding carboxylic acids is 1. The monoisotopic (exact) mass is 479 g/mol. The Kier molecular flexibility index (Phi) is 7.47. The van der Waals surface area contributed by atoms with Crippen molar-refractivity contribution in [1.29, 1.82) is 5.26 Å². The molecule has 0 bridgehead atoms. The van der Waals surface area contributed by atoms with Gasteiger partial charge in [-0.25, -0.2) is 0 Å². The fourth-order valence-electron chi connectivity index (χ4n) is 3.77. The van der Waals surface area contributed by atoms with Gasteiger partial charge in [-0.1, -0.05) is 36.0 Å². The maximum Gasteiger partial charge on any atom is 0.235 e. The summed E-state index contributed by atoms with van der Waals surface area (Å²) in [6.45, 7) is 6.59. The molecular formula is C24H25N5O2S2. The number of anilines is 1. The molecule has 0 spiro atoms. The minimum Gasteiger partial charge on any atom is -0.485 e. The first-order valence-corrected chi connectivity index (χ1v) is 12.6. The van der Waals surface area contributed by atoms with Gasteiger partial charge in [0.25, 0.3) is 0 Å². The molecule has 0 saturated carbocycles. The lowest BCUT2D eigenvalue weighted by molar-refractivity contribution is -0.113. The number of aromatic nitrogens is 3. The SMILES string of the molecule is C=CCn1c(COc2ccccc2C)nnc1SCC(=O)Nc1sc2c(c1C#N)CCCC2. The molecule has 0 radical (unpaired) electrons. The smallest absolute Gasteiger partial charge is 0.235 e. The molecule has 1 aliphatic rings. The van der Waals surface area contributed by atoms with E-state index in [1.165, 1.54) is 28.0 Å². The van der Waals surface area contributed by atoms with E-state index in [0.29, 0.717) is 28.1 Å². The third kappa shape index (κ3) is 5.29. The number of hydrogen-bond acceptors (Lipinski definition) is 7. The van der Waals surface area contributed by atoms with Crippen molar-refractivity contribution >= 4 is 34.0 Å². The molecule has 0 saturated heterocycles. The second-order valence-corrected chi connectivity index (χ2v) is 9.76. The van der Waals surface area contributed by atoms with E-state index in [9.17, 15) is 10.1 Å². The van der Waals surface area contributed by atoms with Crippen LogP contribution < -0.4 is 10.1 Å². The van der Waals surface area contributed by atoms with Crippen LogP contribution >= 0.6 is 23.1 Å². The highest BCUT2D eigenvalue weighted by Gasteiger charge is 2.22. The molecule has 7 nitrogen and oxygen atoms in total. The lowest BCUT2D eigenvalue weighted by atomic mass is 9.96. The Bertz CT molecular complexity index is 1210. The summed E-state index contributed by atoms with van der Waals surface area (Å²) >= 11 is 2.83. The van der Waals surface area contributed by atoms with Gasteiger partial charge in [0, 0.05) is 11.4 Å². The van der Waals surface area contributed by atoms with Crippen LogP contribution in [0.25, 0.3) is 0 Å². The van der Waals surface area contributed by atoms with Crippen molar-refractivity contribution in [2.75, 3.05) is 11.1 Å². The quantitative estimate of drug-likeness (QED) is 0.347. The predicted octanol–water partition coefficient (Wildman–Crippen LogP) is 4.89. The average molecular weight is 480 g/mol. The third-order valence-corrected chi connectivity index (χ3v) is 7.60. The molecule has 1 amide bonds. The van der Waals surface area contributed by atoms with Gasteiger partial charge in [0.2, 0.25) is 5.91 Å². The normalized spacial score (nSPS) is 12.6. The first-order chi connectivity index (χ1) is 16.1. The number of nitrogens with zero attached hydrogens (tertiary/aromatic N) is 4. The number of thiophene rings is 1. The molecule has 0 unspecified atom stereocenters. The van der Waals surface area contributed by atoms with Crippen molar-refractivity contribution in [3.8, 4) is 11.8 Å². The highest BCUT2D eigenvalue weighted by molar-refractivity contribution is 7.99. The fourth-order valence-corrected chi connectivity index (χ4v) is 5.79. The number of carbonyl (C=O) groups is 1. The summed E-state index contributed by atoms with van der Waals surface area (Å²) in [6, 6.07) is 10.1. The second-order valence-electron chi connectivity index (χ2n) is 7.72. The summed E-state index contributed by atoms with van der Waals surface area (Å²) in [7, 11) is 0. The van der Waals surface area contributed by atoms with Crippen LogP contribution in [0.5, 0.6) is 5.75 Å². The first kappa shape index (κ1) is 23.1. The second kappa shape index (κ2) is 10.7. The number of allylic oxidation sites excluding steroid dienone is 1. The number of ether oxygens (including phenoxy) is 1. The maximum absolute atomic E-state index is 12.7. The molecule has 170 valence electrons. The molecule has 1 N–H and O–H groups in total. The van der Waals surface area contributed by atoms with Gasteiger partial charge in [0.05, 0.1) is 11.3 Å². The van der Waals surface area contributed by atoms with Crippen LogP contribution in [0.4, 0.5) is 5.00 Å². The van der Waals surface area contributed by atoms with Crippen molar-refractivity contribution < 1.29 is 9.53 Å². The number of thioether (sulfide) groups is 1. The van der Waals surface area contributed by atoms with Crippen LogP contribution in [0.15, 0.2) is 42.1 Å². The Morgan fingerprint density at radius 2 is 2.18 bits per heavy atom. The van der Waals surface area contributed by atoms with E-state index >= 15 is 0 Å². The molecule has 3 aromatic rings. The van der Waals surface area contributed by atoms with E-state index in [1.54, 1.807) is 6.08 Å². The Morgan fingerprint density at radius 1 is 1.36 bits per heavy atom. The number of benzene rings is 1. The van der Waals surface area contributed by atoms with Gasteiger partial charge in [0.1, 0.15) is 23.4 Å². The molecule has 1 aromatic carbocycles. The van der Waals surface area contributed by atoms with Crippen LogP contribution in [0.2, 0.25) is 0 Å². The molecule has 0 aliphatic heterocycles. The number of amides is 1. The highest BCUT2D eigenvalue weighted by atomic mass is 32.2. The molecule has 2 heterocycles. The molecule has 0 atom stereocenters. The Labute approximate surface area is 201 Å². The standard InChI is InChI=1S/C24H25N5O2S2/c1-3-12-29-21(14-31-19-10-6-4-8-16(19)2)27-28-24(29)32-15-22(30)26-23-18(13-25)17-9-5-7-11-20(17)33-23/h3-4,6,8,10H,1,5,7,9,11-12,14-15H2,2H3,(H,26,30). The van der Waals surface area contributed by atoms with Crippen LogP contribution in [-0.2, 0) is 30.8 Å². The first-order valence-electron chi connectivity index (χ1n) is 10.8. The van der Waals surface area contributed by atoms with Crippen molar-refractivity contribution in [3.63, 3.8) is 0 Å². The number of rotatable bonds is 9. The van der Waals surface area contributed by atoms with Crippen LogP contribution in [-0.4, -0.2) is 26.4 Å². The van der Waals surface area contributed by atoms with Gasteiger partial charge in [-0.05, 0) is 49.8 Å². The topological polar surface area (TPSA) is 92.8 Å². The fraction of sp³-hybridized carbons (Fsp3) is 0.333. The van der Waals surface area contributed by atoms with Crippen molar-refractivity contribution in [1.82, 2.24) is 14.8 Å². The van der Waals surface area contributed by atoms with E-state index < -0.39 is 0 Å². The Morgan fingerprint density at radius 3 is 2.97 bits per heavy atom. The van der Waals surface area contributed by atoms with E-state index in [0.717, 1.165) is 42.6 Å². The molecule has 33 heavy (non-hydrogen) atoms. The van der Waals surface area contributed by atoms with Gasteiger partial charge in [-0.2, -0.15) is 5.26 Å². The summed E-state index contributed by atoms with van der Waals surface area (Å²) in [5.41, 5.74) is 2.78. The summed E-state index contributed by atoms with van der Waals surface area (Å²) in [6.07, 6.45) is 5.89. The van der Waals surface area contributed by atoms with Crippen LogP contribution in [0, 0.1) is 18.3 Å². The molecule has 4 rings (SSSR count). The van der Waals surface area contributed by atoms with Crippen molar-refractivity contribution in [3.05, 3.63) is 64.3 Å². The minimum absolute atomic E-state index is 0.166. The largest absolute Gasteiger partial charge is 0.485 e. The number of nitriles is 1. The summed E-state index contributed by atoms with van der Waals surface area (Å²) < 4.78 is 7.81. The Hall–Kier alpha value is -3.09. The summed E-state index contributed by atoms with van der Waals surface area (Å²) in [5, 5.41) is 22.3. The van der Waals surface area contributed by atoms with E-state index in [1.807, 2.05) is 35.8 Å². The zero-order valence-electron chi connectivity index (χ0n) is 18.5. The predicted molar refractivity (Wildman–Crippen MR) is 131 cm³/mol. The van der Waals surface area contributed by atoms with Gasteiger partial charge in [-0.3, -0.25) is 9.36 Å². The lowest BCUT2D eigenvalue weighted by Crippen LogP contribution is -2.15. The van der Waals surface area contributed by atoms with Gasteiger partial charge in [0.15, 0.2) is 11.0 Å². The number of aryl methyl sites for hydroxylation is 2. The minimum atomic E-state index is -0.166. The van der Waals surface area contributed by atoms with Crippen molar-refractivity contribution in [2.45, 2.75) is 50.9 Å². The molecule has 0 fully saturated rings. The average Bonchev–Trinajstić information content (AvgIpc) is 3.37. The number of para-hydroxylation sites is 1. The lowest BCUT2D eigenvalue weighted by Gasteiger charge is -2.10. The van der Waals surface area contributed by atoms with Crippen LogP contribution in [0.3, 0.4) is 0 Å². The van der Waals surface area contributed by atoms with Crippen molar-refractivity contribution in [2.24, 2.45) is 0 Å². The van der Waals surface area contributed by atoms with E-state index in [-0.39, 0.29) is 18.3 Å². The number of nitrogens with one attached hydrogen (secondary N) is 1. The third-order valence-electron chi connectivity index (χ3n) is 5.42. The van der Waals surface area contributed by atoms with Gasteiger partial charge >= 0.3 is 0 Å².